The minimum absolute atomic E-state index is 0.0141. The van der Waals surface area contributed by atoms with E-state index >= 15 is 0 Å². The van der Waals surface area contributed by atoms with Crippen LogP contribution in [0.2, 0.25) is 0 Å². The van der Waals surface area contributed by atoms with E-state index < -0.39 is 0 Å². The summed E-state index contributed by atoms with van der Waals surface area (Å²) in [5.74, 6) is 1.11. The molecule has 1 aliphatic rings. The fraction of sp³-hybridized carbons (Fsp3) is 0.0833. The van der Waals surface area contributed by atoms with Gasteiger partial charge in [-0.25, -0.2) is 4.68 Å². The molecule has 0 saturated carbocycles. The van der Waals surface area contributed by atoms with Crippen LogP contribution < -0.4 is 5.32 Å². The van der Waals surface area contributed by atoms with Crippen LogP contribution in [0.25, 0.3) is 16.9 Å². The molecule has 1 aliphatic heterocycles. The zero-order valence-corrected chi connectivity index (χ0v) is 18.4. The number of carbonyl (C=O) groups excluding carboxylic acids is 1. The van der Waals surface area contributed by atoms with Gasteiger partial charge in [-0.2, -0.15) is 5.10 Å². The highest BCUT2D eigenvalue weighted by Gasteiger charge is 2.32. The maximum Gasteiger partial charge on any atom is 0.235 e. The van der Waals surface area contributed by atoms with Gasteiger partial charge < -0.3 is 5.32 Å². The van der Waals surface area contributed by atoms with Crippen molar-refractivity contribution in [3.05, 3.63) is 101 Å². The number of para-hydroxylation sites is 1. The van der Waals surface area contributed by atoms with E-state index in [1.807, 2.05) is 65.3 Å². The molecule has 1 aromatic heterocycles. The monoisotopic (exact) mass is 475 g/mol. The Morgan fingerprint density at radius 1 is 0.933 bits per heavy atom. The second kappa shape index (κ2) is 8.13. The van der Waals surface area contributed by atoms with Crippen LogP contribution >= 0.6 is 27.7 Å². The summed E-state index contributed by atoms with van der Waals surface area (Å²) in [7, 11) is 0. The van der Waals surface area contributed by atoms with E-state index in [-0.39, 0.29) is 11.2 Å². The van der Waals surface area contributed by atoms with Gasteiger partial charge in [0.05, 0.1) is 22.4 Å². The molecule has 0 saturated heterocycles. The summed E-state index contributed by atoms with van der Waals surface area (Å²) in [6, 6.07) is 28.4. The van der Waals surface area contributed by atoms with Gasteiger partial charge in [0.2, 0.25) is 5.91 Å². The average Bonchev–Trinajstić information content (AvgIpc) is 3.06. The summed E-state index contributed by atoms with van der Waals surface area (Å²) in [5.41, 5.74) is 5.01. The van der Waals surface area contributed by atoms with Crippen molar-refractivity contribution in [2.45, 2.75) is 5.25 Å². The molecule has 30 heavy (non-hydrogen) atoms. The largest absolute Gasteiger partial charge is 0.310 e. The number of nitrogens with one attached hydrogen (secondary N) is 1. The van der Waals surface area contributed by atoms with E-state index in [0.29, 0.717) is 5.75 Å². The van der Waals surface area contributed by atoms with Crippen LogP contribution in [0.4, 0.5) is 5.82 Å². The number of hydrogen-bond acceptors (Lipinski definition) is 3. The first-order valence-electron chi connectivity index (χ1n) is 9.61. The Morgan fingerprint density at radius 2 is 1.60 bits per heavy atom. The summed E-state index contributed by atoms with van der Waals surface area (Å²) in [4.78, 5) is 12.6. The van der Waals surface area contributed by atoms with Gasteiger partial charge in [0.1, 0.15) is 5.82 Å². The van der Waals surface area contributed by atoms with Crippen molar-refractivity contribution in [3.8, 4) is 16.9 Å². The Labute approximate surface area is 187 Å². The Bertz CT molecular complexity index is 1190. The lowest BCUT2D eigenvalue weighted by molar-refractivity contribution is -0.113. The summed E-state index contributed by atoms with van der Waals surface area (Å²) < 4.78 is 2.88. The molecule has 1 N–H and O–H groups in total. The first-order valence-corrected chi connectivity index (χ1v) is 11.5. The lowest BCUT2D eigenvalue weighted by atomic mass is 10.00. The van der Waals surface area contributed by atoms with Crippen LogP contribution in [0.3, 0.4) is 0 Å². The predicted molar refractivity (Wildman–Crippen MR) is 126 cm³/mol. The van der Waals surface area contributed by atoms with Gasteiger partial charge in [0.25, 0.3) is 0 Å². The molecule has 0 spiro atoms. The molecule has 4 aromatic rings. The van der Waals surface area contributed by atoms with E-state index in [9.17, 15) is 4.79 Å². The zero-order valence-electron chi connectivity index (χ0n) is 16.0. The molecule has 1 amide bonds. The highest BCUT2D eigenvalue weighted by molar-refractivity contribution is 9.10. The summed E-state index contributed by atoms with van der Waals surface area (Å²) >= 11 is 5.15. The third-order valence-electron chi connectivity index (χ3n) is 5.04. The smallest absolute Gasteiger partial charge is 0.235 e. The average molecular weight is 476 g/mol. The Kier molecular flexibility index (Phi) is 5.19. The molecule has 3 aromatic carbocycles. The molecule has 0 fully saturated rings. The molecule has 0 unspecified atom stereocenters. The third kappa shape index (κ3) is 3.57. The van der Waals surface area contributed by atoms with Crippen LogP contribution in [-0.4, -0.2) is 21.4 Å². The molecule has 4 nitrogen and oxygen atoms in total. The van der Waals surface area contributed by atoms with Crippen molar-refractivity contribution >= 4 is 39.4 Å². The Hall–Kier alpha value is -2.83. The fourth-order valence-corrected chi connectivity index (χ4v) is 5.07. The van der Waals surface area contributed by atoms with Gasteiger partial charge in [-0.1, -0.05) is 76.6 Å². The summed E-state index contributed by atoms with van der Waals surface area (Å²) in [6.07, 6.45) is 0. The highest BCUT2D eigenvalue weighted by Crippen LogP contribution is 2.46. The molecule has 5 rings (SSSR count). The van der Waals surface area contributed by atoms with E-state index in [4.69, 9.17) is 5.10 Å². The first-order chi connectivity index (χ1) is 14.7. The van der Waals surface area contributed by atoms with Crippen LogP contribution in [0.1, 0.15) is 16.4 Å². The second-order valence-corrected chi connectivity index (χ2v) is 9.02. The molecule has 0 aliphatic carbocycles. The number of aromatic nitrogens is 2. The number of amides is 1. The highest BCUT2D eigenvalue weighted by atomic mass is 79.9. The fourth-order valence-electron chi connectivity index (χ4n) is 3.67. The van der Waals surface area contributed by atoms with Crippen molar-refractivity contribution in [1.82, 2.24) is 9.78 Å². The van der Waals surface area contributed by atoms with Gasteiger partial charge >= 0.3 is 0 Å². The molecule has 6 heteroatoms. The molecule has 0 radical (unpaired) electrons. The Balaban J connectivity index is 1.78. The van der Waals surface area contributed by atoms with Crippen LogP contribution in [-0.2, 0) is 4.79 Å². The van der Waals surface area contributed by atoms with Gasteiger partial charge in [0, 0.05) is 15.6 Å². The standard InChI is InChI=1S/C24H18BrN3OS/c25-18-13-11-17(12-14-18)23-21-22(16-7-3-1-4-8-16)27-28(19-9-5-2-6-10-19)24(21)26-20(29)15-30-23/h1-14,23H,15H2,(H,26,29)/t23-/m0/s1. The number of thioether (sulfide) groups is 1. The van der Waals surface area contributed by atoms with Crippen molar-refractivity contribution < 1.29 is 4.79 Å². The van der Waals surface area contributed by atoms with Crippen molar-refractivity contribution in [2.24, 2.45) is 0 Å². The number of carbonyl (C=O) groups is 1. The van der Waals surface area contributed by atoms with Crippen molar-refractivity contribution in [1.29, 1.82) is 0 Å². The van der Waals surface area contributed by atoms with E-state index in [1.165, 1.54) is 0 Å². The lowest BCUT2D eigenvalue weighted by Gasteiger charge is -2.16. The first kappa shape index (κ1) is 19.2. The van der Waals surface area contributed by atoms with Crippen LogP contribution in [0, 0.1) is 0 Å². The SMILES string of the molecule is O=C1CS[C@@H](c2ccc(Br)cc2)c2c(-c3ccccc3)nn(-c3ccccc3)c2N1. The van der Waals surface area contributed by atoms with Crippen molar-refractivity contribution in [3.63, 3.8) is 0 Å². The zero-order chi connectivity index (χ0) is 20.5. The maximum absolute atomic E-state index is 12.6. The van der Waals surface area contributed by atoms with E-state index in [1.54, 1.807) is 11.8 Å². The van der Waals surface area contributed by atoms with Gasteiger partial charge in [-0.05, 0) is 29.8 Å². The number of nitrogens with zero attached hydrogens (tertiary/aromatic N) is 2. The van der Waals surface area contributed by atoms with Gasteiger partial charge in [-0.3, -0.25) is 4.79 Å². The number of hydrogen-bond donors (Lipinski definition) is 1. The minimum atomic E-state index is -0.0162. The predicted octanol–water partition coefficient (Wildman–Crippen LogP) is 6.08. The molecule has 148 valence electrons. The molecular formula is C24H18BrN3OS. The lowest BCUT2D eigenvalue weighted by Crippen LogP contribution is -2.15. The molecular weight excluding hydrogens is 458 g/mol. The van der Waals surface area contributed by atoms with E-state index in [0.717, 1.165) is 38.4 Å². The van der Waals surface area contributed by atoms with Crippen LogP contribution in [0.15, 0.2) is 89.4 Å². The minimum Gasteiger partial charge on any atom is -0.310 e. The number of anilines is 1. The van der Waals surface area contributed by atoms with Crippen molar-refractivity contribution in [2.75, 3.05) is 11.1 Å². The quantitative estimate of drug-likeness (QED) is 0.390. The van der Waals surface area contributed by atoms with Gasteiger partial charge in [0.15, 0.2) is 0 Å². The van der Waals surface area contributed by atoms with E-state index in [2.05, 4.69) is 45.5 Å². The Morgan fingerprint density at radius 3 is 2.30 bits per heavy atom. The number of halogens is 1. The van der Waals surface area contributed by atoms with Crippen LogP contribution in [0.5, 0.6) is 0 Å². The second-order valence-electron chi connectivity index (χ2n) is 7.02. The molecule has 1 atom stereocenters. The summed E-state index contributed by atoms with van der Waals surface area (Å²) in [5, 5.41) is 8.09. The summed E-state index contributed by atoms with van der Waals surface area (Å²) in [6.45, 7) is 0. The maximum atomic E-state index is 12.6. The number of benzene rings is 3. The number of fused-ring (bicyclic) bond motifs is 1. The number of rotatable bonds is 3. The van der Waals surface area contributed by atoms with Gasteiger partial charge in [-0.15, -0.1) is 11.8 Å². The third-order valence-corrected chi connectivity index (χ3v) is 6.84. The molecule has 2 heterocycles. The molecule has 0 bridgehead atoms. The normalized spacial score (nSPS) is 15.9. The topological polar surface area (TPSA) is 46.9 Å².